The van der Waals surface area contributed by atoms with Crippen LogP contribution in [0.25, 0.3) is 0 Å². The molecule has 0 aliphatic carbocycles. The second-order valence-electron chi connectivity index (χ2n) is 3.10. The van der Waals surface area contributed by atoms with Crippen molar-refractivity contribution in [1.29, 1.82) is 10.5 Å². The van der Waals surface area contributed by atoms with Crippen LogP contribution in [0.3, 0.4) is 0 Å². The fourth-order valence-corrected chi connectivity index (χ4v) is 1.28. The summed E-state index contributed by atoms with van der Waals surface area (Å²) in [5, 5.41) is 17.6. The van der Waals surface area contributed by atoms with Gasteiger partial charge in [0.25, 0.3) is 0 Å². The summed E-state index contributed by atoms with van der Waals surface area (Å²) in [5.41, 5.74) is 0.808. The standard InChI is InChI=1S/C12H7N3O/c13-8-10-5-11(9-14)7-12(6-10)16-15-3-1-2-4-15/h1-7H. The Morgan fingerprint density at radius 3 is 2.00 bits per heavy atom. The quantitative estimate of drug-likeness (QED) is 0.760. The zero-order valence-electron chi connectivity index (χ0n) is 8.29. The van der Waals surface area contributed by atoms with Gasteiger partial charge in [-0.15, -0.1) is 0 Å². The van der Waals surface area contributed by atoms with E-state index in [9.17, 15) is 0 Å². The molecule has 2 aromatic rings. The Bertz CT molecular complexity index is 541. The van der Waals surface area contributed by atoms with Crippen molar-refractivity contribution >= 4 is 0 Å². The normalized spacial score (nSPS) is 9.12. The van der Waals surface area contributed by atoms with Crippen LogP contribution in [-0.2, 0) is 0 Å². The summed E-state index contributed by atoms with van der Waals surface area (Å²) >= 11 is 0. The van der Waals surface area contributed by atoms with Crippen LogP contribution in [0, 0.1) is 22.7 Å². The molecule has 2 rings (SSSR count). The van der Waals surface area contributed by atoms with Crippen LogP contribution >= 0.6 is 0 Å². The number of rotatable bonds is 2. The zero-order valence-corrected chi connectivity index (χ0v) is 8.29. The molecule has 1 heterocycles. The summed E-state index contributed by atoms with van der Waals surface area (Å²) in [4.78, 5) is 5.42. The van der Waals surface area contributed by atoms with Gasteiger partial charge in [-0.2, -0.15) is 15.3 Å². The summed E-state index contributed by atoms with van der Waals surface area (Å²) in [5.74, 6) is 0.465. The van der Waals surface area contributed by atoms with Crippen LogP contribution in [0.1, 0.15) is 11.1 Å². The van der Waals surface area contributed by atoms with E-state index in [1.54, 1.807) is 24.5 Å². The van der Waals surface area contributed by atoms with Crippen molar-refractivity contribution in [3.63, 3.8) is 0 Å². The molecule has 4 heteroatoms. The molecular weight excluding hydrogens is 202 g/mol. The Labute approximate surface area is 92.5 Å². The van der Waals surface area contributed by atoms with Gasteiger partial charge in [-0.1, -0.05) is 0 Å². The maximum Gasteiger partial charge on any atom is 0.158 e. The average Bonchev–Trinajstić information content (AvgIpc) is 2.81. The second-order valence-corrected chi connectivity index (χ2v) is 3.10. The van der Waals surface area contributed by atoms with E-state index in [0.717, 1.165) is 0 Å². The third-order valence-corrected chi connectivity index (χ3v) is 1.95. The molecule has 0 radical (unpaired) electrons. The van der Waals surface area contributed by atoms with E-state index in [1.165, 1.54) is 10.8 Å². The van der Waals surface area contributed by atoms with Crippen molar-refractivity contribution in [2.75, 3.05) is 0 Å². The maximum absolute atomic E-state index is 8.79. The van der Waals surface area contributed by atoms with Crippen molar-refractivity contribution in [3.8, 4) is 17.9 Å². The minimum Gasteiger partial charge on any atom is -0.376 e. The van der Waals surface area contributed by atoms with Gasteiger partial charge in [0.1, 0.15) is 0 Å². The van der Waals surface area contributed by atoms with E-state index in [2.05, 4.69) is 0 Å². The summed E-state index contributed by atoms with van der Waals surface area (Å²) in [6.07, 6.45) is 3.45. The predicted molar refractivity (Wildman–Crippen MR) is 56.3 cm³/mol. The molecular formula is C12H7N3O. The predicted octanol–water partition coefficient (Wildman–Crippen LogP) is 2.07. The van der Waals surface area contributed by atoms with Crippen molar-refractivity contribution in [2.24, 2.45) is 0 Å². The highest BCUT2D eigenvalue weighted by atomic mass is 16.7. The topological polar surface area (TPSA) is 61.7 Å². The molecule has 0 N–H and O–H groups in total. The first kappa shape index (κ1) is 9.82. The van der Waals surface area contributed by atoms with E-state index < -0.39 is 0 Å². The number of benzene rings is 1. The van der Waals surface area contributed by atoms with Gasteiger partial charge in [0, 0.05) is 24.5 Å². The Morgan fingerprint density at radius 1 is 0.938 bits per heavy atom. The van der Waals surface area contributed by atoms with E-state index >= 15 is 0 Å². The van der Waals surface area contributed by atoms with E-state index in [1.807, 2.05) is 24.3 Å². The van der Waals surface area contributed by atoms with Crippen LogP contribution in [0.2, 0.25) is 0 Å². The van der Waals surface area contributed by atoms with Gasteiger partial charge in [-0.3, -0.25) is 0 Å². The Balaban J connectivity index is 2.35. The molecule has 0 amide bonds. The van der Waals surface area contributed by atoms with Crippen molar-refractivity contribution < 1.29 is 4.84 Å². The van der Waals surface area contributed by atoms with Crippen LogP contribution in [-0.4, -0.2) is 4.73 Å². The molecule has 0 aliphatic heterocycles. The molecule has 4 nitrogen and oxygen atoms in total. The van der Waals surface area contributed by atoms with Crippen molar-refractivity contribution in [1.82, 2.24) is 4.73 Å². The van der Waals surface area contributed by atoms with Crippen LogP contribution < -0.4 is 4.84 Å². The summed E-state index contributed by atoms with van der Waals surface area (Å²) in [6, 6.07) is 12.3. The monoisotopic (exact) mass is 209 g/mol. The first-order valence-corrected chi connectivity index (χ1v) is 4.58. The molecule has 1 aromatic carbocycles. The molecule has 16 heavy (non-hydrogen) atoms. The highest BCUT2D eigenvalue weighted by Gasteiger charge is 2.02. The van der Waals surface area contributed by atoms with Gasteiger partial charge in [0.2, 0.25) is 0 Å². The Morgan fingerprint density at radius 2 is 1.50 bits per heavy atom. The molecule has 0 unspecified atom stereocenters. The third-order valence-electron chi connectivity index (χ3n) is 1.95. The average molecular weight is 209 g/mol. The molecule has 0 saturated carbocycles. The first-order valence-electron chi connectivity index (χ1n) is 4.58. The molecule has 0 spiro atoms. The highest BCUT2D eigenvalue weighted by molar-refractivity contribution is 5.45. The summed E-state index contributed by atoms with van der Waals surface area (Å²) in [7, 11) is 0. The number of hydrogen-bond donors (Lipinski definition) is 0. The molecule has 0 atom stereocenters. The molecule has 76 valence electrons. The second kappa shape index (κ2) is 4.20. The first-order chi connectivity index (χ1) is 7.81. The van der Waals surface area contributed by atoms with E-state index in [-0.39, 0.29) is 0 Å². The molecule has 0 bridgehead atoms. The fraction of sp³-hybridized carbons (Fsp3) is 0. The number of nitrogens with zero attached hydrogens (tertiary/aromatic N) is 3. The van der Waals surface area contributed by atoms with Gasteiger partial charge in [0.15, 0.2) is 5.75 Å². The van der Waals surface area contributed by atoms with Crippen molar-refractivity contribution in [2.45, 2.75) is 0 Å². The van der Waals surface area contributed by atoms with E-state index in [0.29, 0.717) is 16.9 Å². The third kappa shape index (κ3) is 2.02. The maximum atomic E-state index is 8.79. The van der Waals surface area contributed by atoms with Gasteiger partial charge in [-0.05, 0) is 18.2 Å². The van der Waals surface area contributed by atoms with Gasteiger partial charge < -0.3 is 4.84 Å². The van der Waals surface area contributed by atoms with Crippen LogP contribution in [0.4, 0.5) is 0 Å². The lowest BCUT2D eigenvalue weighted by atomic mass is 10.1. The highest BCUT2D eigenvalue weighted by Crippen LogP contribution is 2.16. The summed E-state index contributed by atoms with van der Waals surface area (Å²) in [6.45, 7) is 0. The van der Waals surface area contributed by atoms with Crippen LogP contribution in [0.5, 0.6) is 5.75 Å². The van der Waals surface area contributed by atoms with Crippen molar-refractivity contribution in [3.05, 3.63) is 53.9 Å². The zero-order chi connectivity index (χ0) is 11.4. The Hall–Kier alpha value is -2.72. The van der Waals surface area contributed by atoms with Gasteiger partial charge in [-0.25, -0.2) is 0 Å². The minimum atomic E-state index is 0.404. The molecule has 0 fully saturated rings. The SMILES string of the molecule is N#Cc1cc(C#N)cc(On2cccc2)c1. The van der Waals surface area contributed by atoms with Gasteiger partial charge >= 0.3 is 0 Å². The van der Waals surface area contributed by atoms with Crippen LogP contribution in [0.15, 0.2) is 42.7 Å². The largest absolute Gasteiger partial charge is 0.376 e. The molecule has 0 saturated heterocycles. The minimum absolute atomic E-state index is 0.404. The fourth-order valence-electron chi connectivity index (χ4n) is 1.28. The number of aromatic nitrogens is 1. The summed E-state index contributed by atoms with van der Waals surface area (Å²) < 4.78 is 1.50. The lowest BCUT2D eigenvalue weighted by molar-refractivity contribution is 0.217. The lowest BCUT2D eigenvalue weighted by Crippen LogP contribution is -2.01. The van der Waals surface area contributed by atoms with Gasteiger partial charge in [0.05, 0.1) is 23.3 Å². The lowest BCUT2D eigenvalue weighted by Gasteiger charge is -2.06. The van der Waals surface area contributed by atoms with E-state index in [4.69, 9.17) is 15.4 Å². The smallest absolute Gasteiger partial charge is 0.158 e. The Kier molecular flexibility index (Phi) is 2.58. The number of hydrogen-bond acceptors (Lipinski definition) is 3. The molecule has 0 aliphatic rings. The number of nitriles is 2. The molecule has 1 aromatic heterocycles.